The van der Waals surface area contributed by atoms with Crippen molar-refractivity contribution in [2.45, 2.75) is 13.3 Å². The summed E-state index contributed by atoms with van der Waals surface area (Å²) in [6.45, 7) is 3.67. The SMILES string of the molecule is CC(=O)N1CCN(C(=O)C(=O)NCCCCl)CC1. The number of carbonyl (C=O) groups is 3. The molecule has 0 aliphatic carbocycles. The van der Waals surface area contributed by atoms with Gasteiger partial charge in [0.2, 0.25) is 5.91 Å². The standard InChI is InChI=1S/C11H18ClN3O3/c1-9(16)14-5-7-15(8-6-14)11(18)10(17)13-4-2-3-12/h2-8H2,1H3,(H,13,17). The minimum absolute atomic E-state index is 0.00587. The van der Waals surface area contributed by atoms with E-state index in [1.54, 1.807) is 4.90 Å². The second-order valence-electron chi connectivity index (χ2n) is 4.10. The third kappa shape index (κ3) is 4.18. The molecule has 1 N–H and O–H groups in total. The van der Waals surface area contributed by atoms with Crippen molar-refractivity contribution in [1.29, 1.82) is 0 Å². The molecule has 0 aromatic heterocycles. The van der Waals surface area contributed by atoms with Gasteiger partial charge in [0, 0.05) is 45.5 Å². The first-order valence-corrected chi connectivity index (χ1v) is 6.48. The van der Waals surface area contributed by atoms with Crippen LogP contribution in [0.3, 0.4) is 0 Å². The molecule has 1 saturated heterocycles. The summed E-state index contributed by atoms with van der Waals surface area (Å²) in [7, 11) is 0. The summed E-state index contributed by atoms with van der Waals surface area (Å²) < 4.78 is 0. The summed E-state index contributed by atoms with van der Waals surface area (Å²) in [5.41, 5.74) is 0. The van der Waals surface area contributed by atoms with Crippen molar-refractivity contribution in [3.8, 4) is 0 Å². The Morgan fingerprint density at radius 2 is 1.67 bits per heavy atom. The van der Waals surface area contributed by atoms with Crippen LogP contribution in [0.2, 0.25) is 0 Å². The van der Waals surface area contributed by atoms with E-state index in [-0.39, 0.29) is 5.91 Å². The molecule has 102 valence electrons. The molecule has 1 aliphatic rings. The highest BCUT2D eigenvalue weighted by Gasteiger charge is 2.26. The number of hydrogen-bond acceptors (Lipinski definition) is 3. The topological polar surface area (TPSA) is 69.7 Å². The van der Waals surface area contributed by atoms with Crippen LogP contribution in [0.15, 0.2) is 0 Å². The molecule has 7 heteroatoms. The first-order chi connectivity index (χ1) is 8.56. The van der Waals surface area contributed by atoms with Gasteiger partial charge in [-0.25, -0.2) is 0 Å². The first kappa shape index (κ1) is 14.8. The van der Waals surface area contributed by atoms with E-state index in [1.807, 2.05) is 0 Å². The van der Waals surface area contributed by atoms with Gasteiger partial charge in [-0.2, -0.15) is 0 Å². The molecule has 0 bridgehead atoms. The molecule has 1 heterocycles. The Morgan fingerprint density at radius 1 is 1.11 bits per heavy atom. The molecule has 18 heavy (non-hydrogen) atoms. The Kier molecular flexibility index (Phi) is 5.91. The van der Waals surface area contributed by atoms with Gasteiger partial charge >= 0.3 is 11.8 Å². The van der Waals surface area contributed by atoms with Gasteiger partial charge in [0.25, 0.3) is 0 Å². The third-order valence-corrected chi connectivity index (χ3v) is 3.07. The Bertz CT molecular complexity index is 327. The zero-order valence-electron chi connectivity index (χ0n) is 10.4. The quantitative estimate of drug-likeness (QED) is 0.426. The number of halogens is 1. The van der Waals surface area contributed by atoms with E-state index < -0.39 is 11.8 Å². The van der Waals surface area contributed by atoms with E-state index in [4.69, 9.17) is 11.6 Å². The molecule has 0 saturated carbocycles. The van der Waals surface area contributed by atoms with Crippen molar-refractivity contribution in [1.82, 2.24) is 15.1 Å². The molecule has 1 fully saturated rings. The first-order valence-electron chi connectivity index (χ1n) is 5.95. The highest BCUT2D eigenvalue weighted by atomic mass is 35.5. The summed E-state index contributed by atoms with van der Waals surface area (Å²) in [5, 5.41) is 2.52. The molecule has 3 amide bonds. The maximum Gasteiger partial charge on any atom is 0.312 e. The van der Waals surface area contributed by atoms with Gasteiger partial charge in [-0.3, -0.25) is 14.4 Å². The maximum absolute atomic E-state index is 11.7. The minimum atomic E-state index is -0.601. The van der Waals surface area contributed by atoms with Crippen LogP contribution in [0.25, 0.3) is 0 Å². The predicted octanol–water partition coefficient (Wildman–Crippen LogP) is -0.578. The molecule has 0 aromatic rings. The smallest absolute Gasteiger partial charge is 0.312 e. The number of hydrogen-bond donors (Lipinski definition) is 1. The number of carbonyl (C=O) groups excluding carboxylic acids is 3. The number of piperazine rings is 1. The van der Waals surface area contributed by atoms with Crippen molar-refractivity contribution in [3.63, 3.8) is 0 Å². The van der Waals surface area contributed by atoms with E-state index in [1.165, 1.54) is 11.8 Å². The Morgan fingerprint density at radius 3 is 2.17 bits per heavy atom. The Labute approximate surface area is 111 Å². The summed E-state index contributed by atoms with van der Waals surface area (Å²) >= 11 is 5.47. The van der Waals surface area contributed by atoms with E-state index in [0.717, 1.165) is 0 Å². The fourth-order valence-corrected chi connectivity index (χ4v) is 1.85. The monoisotopic (exact) mass is 275 g/mol. The van der Waals surface area contributed by atoms with Crippen molar-refractivity contribution in [3.05, 3.63) is 0 Å². The highest BCUT2D eigenvalue weighted by molar-refractivity contribution is 6.35. The van der Waals surface area contributed by atoms with Crippen molar-refractivity contribution in [2.24, 2.45) is 0 Å². The molecule has 0 atom stereocenters. The molecule has 0 aromatic carbocycles. The lowest BCUT2D eigenvalue weighted by Crippen LogP contribution is -2.53. The number of rotatable bonds is 3. The van der Waals surface area contributed by atoms with Gasteiger partial charge in [-0.15, -0.1) is 11.6 Å². The molecule has 0 unspecified atom stereocenters. The fraction of sp³-hybridized carbons (Fsp3) is 0.727. The summed E-state index contributed by atoms with van der Waals surface area (Å²) in [4.78, 5) is 37.5. The van der Waals surface area contributed by atoms with Crippen LogP contribution >= 0.6 is 11.6 Å². The summed E-state index contributed by atoms with van der Waals surface area (Å²) in [6.07, 6.45) is 0.638. The van der Waals surface area contributed by atoms with Crippen molar-refractivity contribution >= 4 is 29.3 Å². The normalized spacial score (nSPS) is 15.4. The van der Waals surface area contributed by atoms with Crippen LogP contribution in [0.4, 0.5) is 0 Å². The third-order valence-electron chi connectivity index (χ3n) is 2.80. The van der Waals surface area contributed by atoms with Crippen LogP contribution in [0.1, 0.15) is 13.3 Å². The average molecular weight is 276 g/mol. The second kappa shape index (κ2) is 7.20. The van der Waals surface area contributed by atoms with Gasteiger partial charge in [-0.05, 0) is 6.42 Å². The van der Waals surface area contributed by atoms with E-state index >= 15 is 0 Å². The van der Waals surface area contributed by atoms with Crippen LogP contribution in [-0.4, -0.2) is 66.1 Å². The molecule has 1 rings (SSSR count). The lowest BCUT2D eigenvalue weighted by molar-refractivity contribution is -0.148. The zero-order chi connectivity index (χ0) is 13.5. The molecular weight excluding hydrogens is 258 g/mol. The molecular formula is C11H18ClN3O3. The zero-order valence-corrected chi connectivity index (χ0v) is 11.2. The largest absolute Gasteiger partial charge is 0.348 e. The molecule has 6 nitrogen and oxygen atoms in total. The maximum atomic E-state index is 11.7. The van der Waals surface area contributed by atoms with Crippen molar-refractivity contribution in [2.75, 3.05) is 38.6 Å². The number of alkyl halides is 1. The van der Waals surface area contributed by atoms with Gasteiger partial charge in [0.15, 0.2) is 0 Å². The number of nitrogens with zero attached hydrogens (tertiary/aromatic N) is 2. The van der Waals surface area contributed by atoms with Crippen molar-refractivity contribution < 1.29 is 14.4 Å². The Hall–Kier alpha value is -1.30. The molecule has 1 aliphatic heterocycles. The minimum Gasteiger partial charge on any atom is -0.348 e. The molecule has 0 spiro atoms. The highest BCUT2D eigenvalue weighted by Crippen LogP contribution is 2.02. The average Bonchev–Trinajstić information content (AvgIpc) is 2.38. The summed E-state index contributed by atoms with van der Waals surface area (Å²) in [5.74, 6) is -0.691. The van der Waals surface area contributed by atoms with E-state index in [0.29, 0.717) is 45.0 Å². The predicted molar refractivity (Wildman–Crippen MR) is 67.2 cm³/mol. The van der Waals surface area contributed by atoms with Gasteiger partial charge in [0.1, 0.15) is 0 Å². The lowest BCUT2D eigenvalue weighted by Gasteiger charge is -2.33. The number of nitrogens with one attached hydrogen (secondary N) is 1. The van der Waals surface area contributed by atoms with Gasteiger partial charge in [-0.1, -0.05) is 0 Å². The van der Waals surface area contributed by atoms with Crippen LogP contribution < -0.4 is 5.32 Å². The van der Waals surface area contributed by atoms with E-state index in [9.17, 15) is 14.4 Å². The van der Waals surface area contributed by atoms with Crippen LogP contribution in [-0.2, 0) is 14.4 Å². The second-order valence-corrected chi connectivity index (χ2v) is 4.47. The van der Waals surface area contributed by atoms with Crippen LogP contribution in [0.5, 0.6) is 0 Å². The van der Waals surface area contributed by atoms with Gasteiger partial charge in [0.05, 0.1) is 0 Å². The Balaban J connectivity index is 2.35. The summed E-state index contributed by atoms with van der Waals surface area (Å²) in [6, 6.07) is 0. The van der Waals surface area contributed by atoms with Gasteiger partial charge < -0.3 is 15.1 Å². The number of amides is 3. The molecule has 0 radical (unpaired) electrons. The van der Waals surface area contributed by atoms with Crippen LogP contribution in [0, 0.1) is 0 Å². The fourth-order valence-electron chi connectivity index (χ4n) is 1.71. The lowest BCUT2D eigenvalue weighted by atomic mass is 10.3. The van der Waals surface area contributed by atoms with E-state index in [2.05, 4.69) is 5.32 Å².